The number of hydrogen-bond donors (Lipinski definition) is 6. The van der Waals surface area contributed by atoms with Gasteiger partial charge in [0.05, 0.1) is 54.2 Å². The number of aryl methyl sites for hydroxylation is 4. The lowest BCUT2D eigenvalue weighted by Crippen LogP contribution is -2.46. The van der Waals surface area contributed by atoms with E-state index in [9.17, 15) is 53.7 Å². The number of anilines is 2. The molecule has 129 heavy (non-hydrogen) atoms. The van der Waals surface area contributed by atoms with Crippen LogP contribution >= 0.6 is 0 Å². The van der Waals surface area contributed by atoms with Gasteiger partial charge in [-0.15, -0.1) is 0 Å². The quantitative estimate of drug-likeness (QED) is 0.00587. The third-order valence-electron chi connectivity index (χ3n) is 24.6. The van der Waals surface area contributed by atoms with Crippen molar-refractivity contribution in [1.29, 1.82) is 0 Å². The van der Waals surface area contributed by atoms with Gasteiger partial charge in [0.15, 0.2) is 0 Å². The number of aromatic carboxylic acids is 3. The number of carboxylic acid groups (broad SMARTS) is 3. The van der Waals surface area contributed by atoms with Gasteiger partial charge in [-0.1, -0.05) is 52.5 Å². The van der Waals surface area contributed by atoms with Crippen LogP contribution in [0.1, 0.15) is 276 Å². The van der Waals surface area contributed by atoms with Crippen LogP contribution in [-0.2, 0) is 93.2 Å². The molecule has 16 rings (SSSR count). The molecule has 28 nitrogen and oxygen atoms in total. The number of rotatable bonds is 31. The minimum atomic E-state index is -2.58. The number of esters is 1. The number of nitrogens with one attached hydrogen (secondary N) is 3. The minimum Gasteiger partial charge on any atom is -0.478 e. The molecule has 6 N–H and O–H groups in total. The van der Waals surface area contributed by atoms with Gasteiger partial charge in [0.25, 0.3) is 6.47 Å². The zero-order valence-electron chi connectivity index (χ0n) is 77.4. The van der Waals surface area contributed by atoms with Gasteiger partial charge in [-0.05, 0) is 222 Å². The van der Waals surface area contributed by atoms with Crippen LogP contribution in [0.15, 0.2) is 60.7 Å². The molecule has 0 unspecified atom stereocenters. The fourth-order valence-corrected chi connectivity index (χ4v) is 21.9. The van der Waals surface area contributed by atoms with Crippen molar-refractivity contribution in [1.82, 2.24) is 25.1 Å². The van der Waals surface area contributed by atoms with E-state index in [1.165, 1.54) is 78.7 Å². The number of amides is 3. The summed E-state index contributed by atoms with van der Waals surface area (Å²) in [6, 6.07) is 19.0. The number of carbonyl (C=O) groups excluding carboxylic acids is 5. The zero-order valence-corrected chi connectivity index (χ0v) is 78.4. The summed E-state index contributed by atoms with van der Waals surface area (Å²) in [4.78, 5) is 96.3. The summed E-state index contributed by atoms with van der Waals surface area (Å²) < 4.78 is 60.3. The lowest BCUT2D eigenvalue weighted by Gasteiger charge is -2.39. The fraction of sp³-hybridized carbons (Fsp3) is 0.540. The van der Waals surface area contributed by atoms with Gasteiger partial charge in [0.2, 0.25) is 10.7 Å². The third kappa shape index (κ3) is 24.2. The number of benzene rings is 6. The summed E-state index contributed by atoms with van der Waals surface area (Å²) in [5.41, 5.74) is 17.7. The molecule has 10 heterocycles. The predicted octanol–water partition coefficient (Wildman–Crippen LogP) is 14.2. The first-order valence-electron chi connectivity index (χ1n) is 47.4. The van der Waals surface area contributed by atoms with Gasteiger partial charge in [-0.25, -0.2) is 37.9 Å². The van der Waals surface area contributed by atoms with Gasteiger partial charge in [-0.3, -0.25) is 9.59 Å². The molecule has 0 bridgehead atoms. The van der Waals surface area contributed by atoms with E-state index in [1.807, 2.05) is 27.7 Å². The van der Waals surface area contributed by atoms with Crippen LogP contribution in [0.3, 0.4) is 0 Å². The molecule has 10 aliphatic heterocycles. The van der Waals surface area contributed by atoms with Gasteiger partial charge in [0.1, 0.15) is 54.9 Å². The monoisotopic (exact) mass is 1800 g/mol. The average Bonchev–Trinajstić information content (AvgIpc) is 0.712. The molecule has 0 aromatic heterocycles. The molecule has 0 radical (unpaired) electrons. The highest BCUT2D eigenvalue weighted by Gasteiger charge is 2.42. The number of hydrogen-bond acceptors (Lipinski definition) is 20. The first kappa shape index (κ1) is 98.7. The fourth-order valence-electron chi connectivity index (χ4n) is 19.3. The lowest BCUT2D eigenvalue weighted by molar-refractivity contribution is -0.143. The van der Waals surface area contributed by atoms with Gasteiger partial charge in [-0.2, -0.15) is 0 Å². The van der Waals surface area contributed by atoms with E-state index in [-0.39, 0.29) is 40.9 Å². The second-order valence-corrected chi connectivity index (χ2v) is 36.0. The van der Waals surface area contributed by atoms with E-state index in [0.29, 0.717) is 88.6 Å². The Bertz CT molecular complexity index is 5220. The van der Waals surface area contributed by atoms with Crippen molar-refractivity contribution in [3.05, 3.63) is 165 Å². The van der Waals surface area contributed by atoms with Crippen molar-refractivity contribution in [2.24, 2.45) is 0 Å². The van der Waals surface area contributed by atoms with E-state index >= 15 is 0 Å². The Kier molecular flexibility index (Phi) is 37.2. The highest BCUT2D eigenvalue weighted by Crippen LogP contribution is 2.51. The Hall–Kier alpha value is -10.9. The minimum absolute atomic E-state index is 0.00897. The van der Waals surface area contributed by atoms with Crippen molar-refractivity contribution >= 4 is 80.0 Å². The van der Waals surface area contributed by atoms with Crippen LogP contribution in [0.5, 0.6) is 28.7 Å². The standard InChI is InChI=1S/2C33H30N2O5.C12H27NO5Si.C8H16O2.2C7H15NO2/c36-18-39-21-9-10-22(33(37)38)25(17-21)28-26-15-19-5-1-11-34-13-3-7-23(29(19)34)31(26)40-32-24-8-4-14-35-12-2-6-20(30(24)35)16-27(28)32;36-32(37)20-9-10-21(24(17-20)33(38)39)27-25-15-18-5-1-11-34-13-3-7-22(28(18)34)30(25)40-31-23-8-4-14-35-12-2-6-19(29(23)35)16-26(27)31;1-5-15-12(14)13-10-9-11-19(16-6-2,17-7-3)18-8-4;1-3-5-6-7-8(9)10-4-2;2*1-3-5-6-8-7(9)10-4-2/h9-10,15-18H,1-8,11-14H2;9-10,15-17H,1-8,11-14H2,(H-,36,37,38,39);5-11H2,1-4H3,(H,13,14);3-7H2,1-2H3;2*3-6H2,1-2H3,(H,8,9)/p+2. The third-order valence-corrected chi connectivity index (χ3v) is 27.7. The number of nitrogens with zero attached hydrogens (tertiary/aromatic N) is 4. The van der Waals surface area contributed by atoms with E-state index in [0.717, 1.165) is 275 Å². The van der Waals surface area contributed by atoms with Crippen molar-refractivity contribution in [2.75, 3.05) is 128 Å². The zero-order chi connectivity index (χ0) is 92.1. The van der Waals surface area contributed by atoms with Crippen molar-refractivity contribution in [3.8, 4) is 28.7 Å². The molecule has 0 spiro atoms. The molecular formula is C100H135N7O21Si+2. The Morgan fingerprint density at radius 2 is 0.845 bits per heavy atom. The largest absolute Gasteiger partial charge is 0.500 e. The van der Waals surface area contributed by atoms with Crippen LogP contribution in [0.25, 0.3) is 11.1 Å². The number of fused-ring (bicyclic) bond motifs is 8. The summed E-state index contributed by atoms with van der Waals surface area (Å²) >= 11 is 0. The van der Waals surface area contributed by atoms with Gasteiger partial charge in [0, 0.05) is 176 Å². The maximum atomic E-state index is 12.6. The lowest BCUT2D eigenvalue weighted by atomic mass is 9.81. The first-order chi connectivity index (χ1) is 62.7. The molecule has 698 valence electrons. The molecule has 0 saturated heterocycles. The maximum Gasteiger partial charge on any atom is 0.500 e. The molecule has 0 aliphatic carbocycles. The number of unbranched alkanes of at least 4 members (excludes halogenated alkanes) is 4. The number of ether oxygens (including phenoxy) is 7. The molecule has 6 aromatic carbocycles. The molecule has 6 aromatic rings. The van der Waals surface area contributed by atoms with Crippen molar-refractivity contribution in [2.45, 2.75) is 236 Å². The SMILES string of the molecule is CCCCCC(=O)OCC.CCCCNC(=O)OCC.CCCCNC(=O)OCC.CCOC(=O)NCCC[Si](OCC)(OCC)OCC.O=C(O)c1ccc(C2=c3cc4c5c(c3Oc3c2cc2c6c3CCCN6CCC2)CCC[N+]=5CCC4)c(C(=O)O)c1.O=COc1ccc(C(=O)O)c(C2=c3cc4c5c(c3Oc3c2cc2c6c3CCCN6CCC2)CCC[N+]=5CCC4)c1. The van der Waals surface area contributed by atoms with E-state index in [4.69, 9.17) is 37.0 Å². The summed E-state index contributed by atoms with van der Waals surface area (Å²) in [5.74, 6) is 0.450. The molecule has 0 atom stereocenters. The van der Waals surface area contributed by atoms with Crippen LogP contribution in [0, 0.1) is 0 Å². The Morgan fingerprint density at radius 3 is 1.27 bits per heavy atom. The molecule has 3 amide bonds. The van der Waals surface area contributed by atoms with Crippen molar-refractivity contribution in [3.63, 3.8) is 0 Å². The summed E-state index contributed by atoms with van der Waals surface area (Å²) in [5, 5.41) is 42.7. The van der Waals surface area contributed by atoms with Crippen LogP contribution in [0.2, 0.25) is 6.04 Å². The normalized spacial score (nSPS) is 15.1. The molecule has 0 fully saturated rings. The smallest absolute Gasteiger partial charge is 0.478 e. The number of carbonyl (C=O) groups is 8. The van der Waals surface area contributed by atoms with Crippen LogP contribution < -0.4 is 70.3 Å². The second kappa shape index (κ2) is 48.7. The topological polar surface area (TPSA) is 338 Å². The Labute approximate surface area is 759 Å². The Balaban J connectivity index is 0.000000168. The summed E-state index contributed by atoms with van der Waals surface area (Å²) in [6.45, 7) is 33.5. The van der Waals surface area contributed by atoms with Gasteiger partial charge >= 0.3 is 51.0 Å². The number of carboxylic acids is 3. The molecule has 10 aliphatic rings. The highest BCUT2D eigenvalue weighted by atomic mass is 28.4. The highest BCUT2D eigenvalue weighted by molar-refractivity contribution is 6.60. The Morgan fingerprint density at radius 1 is 0.419 bits per heavy atom. The number of alkyl carbamates (subject to hydrolysis) is 3. The second-order valence-electron chi connectivity index (χ2n) is 33.3. The average molecular weight is 1800 g/mol. The summed E-state index contributed by atoms with van der Waals surface area (Å²) in [7, 11) is -2.58. The van der Waals surface area contributed by atoms with E-state index in [1.54, 1.807) is 45.0 Å². The van der Waals surface area contributed by atoms with E-state index < -0.39 is 26.7 Å². The van der Waals surface area contributed by atoms with Crippen LogP contribution in [0.4, 0.5) is 25.8 Å². The first-order valence-corrected chi connectivity index (χ1v) is 49.4. The molecule has 29 heteroatoms. The van der Waals surface area contributed by atoms with Crippen molar-refractivity contribution < 1.29 is 100 Å². The summed E-state index contributed by atoms with van der Waals surface area (Å²) in [6.07, 6.45) is 24.2. The molecule has 0 saturated carbocycles. The van der Waals surface area contributed by atoms with E-state index in [2.05, 4.69) is 89.4 Å². The predicted molar refractivity (Wildman–Crippen MR) is 497 cm³/mol. The van der Waals surface area contributed by atoms with Gasteiger partial charge < -0.3 is 87.5 Å². The van der Waals surface area contributed by atoms with Crippen LogP contribution in [-0.4, -0.2) is 191 Å². The molecular weight excluding hydrogens is 1660 g/mol. The maximum absolute atomic E-state index is 12.6.